The molecule has 0 aliphatic carbocycles. The maximum Gasteiger partial charge on any atom is 0.336 e. The van der Waals surface area contributed by atoms with Crippen molar-refractivity contribution < 1.29 is 18.7 Å². The summed E-state index contributed by atoms with van der Waals surface area (Å²) in [5.41, 5.74) is 3.55. The van der Waals surface area contributed by atoms with E-state index in [1.54, 1.807) is 18.2 Å². The first-order valence-corrected chi connectivity index (χ1v) is 9.52. The van der Waals surface area contributed by atoms with Gasteiger partial charge in [-0.3, -0.25) is 9.59 Å². The molecular formula is C23H24N2O5. The highest BCUT2D eigenvalue weighted by Gasteiger charge is 2.15. The maximum absolute atomic E-state index is 12.3. The molecule has 0 aliphatic rings. The summed E-state index contributed by atoms with van der Waals surface area (Å²) in [7, 11) is 1.54. The second-order valence-electron chi connectivity index (χ2n) is 7.24. The molecule has 0 aliphatic heterocycles. The van der Waals surface area contributed by atoms with Crippen LogP contribution in [0.15, 0.2) is 51.7 Å². The Morgan fingerprint density at radius 2 is 1.83 bits per heavy atom. The molecule has 1 aromatic heterocycles. The zero-order chi connectivity index (χ0) is 21.8. The molecular weight excluding hydrogens is 384 g/mol. The Morgan fingerprint density at radius 1 is 1.07 bits per heavy atom. The number of hydrogen-bond acceptors (Lipinski definition) is 5. The number of anilines is 1. The van der Waals surface area contributed by atoms with Crippen LogP contribution in [0, 0.1) is 20.8 Å². The first-order chi connectivity index (χ1) is 14.2. The third-order valence-electron chi connectivity index (χ3n) is 4.97. The van der Waals surface area contributed by atoms with Crippen molar-refractivity contribution in [1.29, 1.82) is 0 Å². The van der Waals surface area contributed by atoms with E-state index in [4.69, 9.17) is 9.15 Å². The van der Waals surface area contributed by atoms with Gasteiger partial charge < -0.3 is 19.4 Å². The van der Waals surface area contributed by atoms with Gasteiger partial charge in [-0.05, 0) is 55.7 Å². The maximum atomic E-state index is 12.3. The molecule has 3 rings (SSSR count). The van der Waals surface area contributed by atoms with Crippen molar-refractivity contribution in [3.8, 4) is 5.75 Å². The lowest BCUT2D eigenvalue weighted by Crippen LogP contribution is -2.37. The van der Waals surface area contributed by atoms with Gasteiger partial charge in [-0.1, -0.05) is 12.1 Å². The van der Waals surface area contributed by atoms with Gasteiger partial charge in [-0.15, -0.1) is 0 Å². The number of nitrogens with one attached hydrogen (secondary N) is 1. The number of amides is 2. The average molecular weight is 408 g/mol. The van der Waals surface area contributed by atoms with Gasteiger partial charge in [-0.2, -0.15) is 0 Å². The Bertz CT molecular complexity index is 1170. The fourth-order valence-electron chi connectivity index (χ4n) is 3.03. The van der Waals surface area contributed by atoms with Gasteiger partial charge in [0.05, 0.1) is 6.54 Å². The van der Waals surface area contributed by atoms with Crippen LogP contribution in [0.4, 0.5) is 5.69 Å². The summed E-state index contributed by atoms with van der Waals surface area (Å²) in [6, 6.07) is 12.1. The number of benzene rings is 2. The van der Waals surface area contributed by atoms with E-state index in [-0.39, 0.29) is 25.0 Å². The Kier molecular flexibility index (Phi) is 6.20. The van der Waals surface area contributed by atoms with Crippen LogP contribution in [-0.2, 0) is 9.59 Å². The predicted molar refractivity (Wildman–Crippen MR) is 115 cm³/mol. The molecule has 2 aromatic carbocycles. The van der Waals surface area contributed by atoms with Crippen molar-refractivity contribution >= 4 is 28.5 Å². The van der Waals surface area contributed by atoms with E-state index >= 15 is 0 Å². The monoisotopic (exact) mass is 408 g/mol. The number of rotatable bonds is 6. The topological polar surface area (TPSA) is 88.9 Å². The largest absolute Gasteiger partial charge is 0.484 e. The molecule has 1 N–H and O–H groups in total. The highest BCUT2D eigenvalue weighted by atomic mass is 16.5. The summed E-state index contributed by atoms with van der Waals surface area (Å²) >= 11 is 0. The van der Waals surface area contributed by atoms with E-state index in [1.807, 2.05) is 39.0 Å². The van der Waals surface area contributed by atoms with Crippen LogP contribution in [0.3, 0.4) is 0 Å². The molecule has 1 heterocycles. The molecule has 156 valence electrons. The molecule has 0 saturated carbocycles. The fourth-order valence-corrected chi connectivity index (χ4v) is 3.03. The van der Waals surface area contributed by atoms with Crippen LogP contribution in [0.2, 0.25) is 0 Å². The number of ether oxygens (including phenoxy) is 1. The smallest absolute Gasteiger partial charge is 0.336 e. The lowest BCUT2D eigenvalue weighted by molar-refractivity contribution is -0.135. The number of aryl methyl sites for hydroxylation is 2. The lowest BCUT2D eigenvalue weighted by atomic mass is 10.1. The molecule has 0 fully saturated rings. The highest BCUT2D eigenvalue weighted by Crippen LogP contribution is 2.22. The number of carbonyl (C=O) groups excluding carboxylic acids is 2. The van der Waals surface area contributed by atoms with Crippen LogP contribution in [0.5, 0.6) is 5.75 Å². The molecule has 0 atom stereocenters. The zero-order valence-corrected chi connectivity index (χ0v) is 17.4. The van der Waals surface area contributed by atoms with Crippen LogP contribution in [0.1, 0.15) is 16.7 Å². The summed E-state index contributed by atoms with van der Waals surface area (Å²) in [6.45, 7) is 5.38. The fraction of sp³-hybridized carbons (Fsp3) is 0.261. The Morgan fingerprint density at radius 3 is 2.60 bits per heavy atom. The quantitative estimate of drug-likeness (QED) is 0.633. The van der Waals surface area contributed by atoms with Gasteiger partial charge in [0, 0.05) is 30.3 Å². The average Bonchev–Trinajstić information content (AvgIpc) is 2.69. The minimum absolute atomic E-state index is 0.0959. The number of carbonyl (C=O) groups is 2. The van der Waals surface area contributed by atoms with Gasteiger partial charge in [0.25, 0.3) is 5.91 Å². The summed E-state index contributed by atoms with van der Waals surface area (Å²) in [6.07, 6.45) is 0. The minimum Gasteiger partial charge on any atom is -0.484 e. The van der Waals surface area contributed by atoms with E-state index in [0.717, 1.165) is 27.8 Å². The number of fused-ring (bicyclic) bond motifs is 1. The summed E-state index contributed by atoms with van der Waals surface area (Å²) in [5.74, 6) is -0.239. The van der Waals surface area contributed by atoms with Crippen molar-refractivity contribution in [1.82, 2.24) is 4.90 Å². The third kappa shape index (κ3) is 4.86. The molecule has 0 spiro atoms. The molecule has 30 heavy (non-hydrogen) atoms. The van der Waals surface area contributed by atoms with Gasteiger partial charge in [-0.25, -0.2) is 4.79 Å². The highest BCUT2D eigenvalue weighted by molar-refractivity contribution is 5.95. The van der Waals surface area contributed by atoms with Crippen molar-refractivity contribution in [2.75, 3.05) is 25.5 Å². The van der Waals surface area contributed by atoms with Gasteiger partial charge in [0.2, 0.25) is 5.91 Å². The van der Waals surface area contributed by atoms with Crippen molar-refractivity contribution in [2.24, 2.45) is 0 Å². The molecule has 7 nitrogen and oxygen atoms in total. The van der Waals surface area contributed by atoms with E-state index in [9.17, 15) is 14.4 Å². The predicted octanol–water partition coefficient (Wildman–Crippen LogP) is 3.19. The van der Waals surface area contributed by atoms with Gasteiger partial charge in [0.1, 0.15) is 11.3 Å². The normalized spacial score (nSPS) is 10.7. The number of nitrogens with zero attached hydrogens (tertiary/aromatic N) is 1. The summed E-state index contributed by atoms with van der Waals surface area (Å²) < 4.78 is 10.7. The van der Waals surface area contributed by atoms with Crippen molar-refractivity contribution in [2.45, 2.75) is 20.8 Å². The first kappa shape index (κ1) is 21.1. The van der Waals surface area contributed by atoms with Crippen LogP contribution in [0.25, 0.3) is 11.0 Å². The standard InChI is InChI=1S/C23H24N2O5/c1-14-6-5-7-19(16(14)3)24-21(26)12-25(4)22(27)13-29-17-8-9-18-15(2)10-23(28)30-20(18)11-17/h5-11H,12-13H2,1-4H3,(H,24,26). The second kappa shape index (κ2) is 8.82. The van der Waals surface area contributed by atoms with E-state index in [1.165, 1.54) is 18.0 Å². The van der Waals surface area contributed by atoms with Crippen LogP contribution in [-0.4, -0.2) is 36.9 Å². The van der Waals surface area contributed by atoms with Gasteiger partial charge >= 0.3 is 5.63 Å². The van der Waals surface area contributed by atoms with E-state index < -0.39 is 5.63 Å². The van der Waals surface area contributed by atoms with Gasteiger partial charge in [0.15, 0.2) is 6.61 Å². The molecule has 3 aromatic rings. The lowest BCUT2D eigenvalue weighted by Gasteiger charge is -2.18. The number of hydrogen-bond donors (Lipinski definition) is 1. The SMILES string of the molecule is Cc1cccc(NC(=O)CN(C)C(=O)COc2ccc3c(C)cc(=O)oc3c2)c1C. The van der Waals surface area contributed by atoms with E-state index in [0.29, 0.717) is 11.3 Å². The Labute approximate surface area is 174 Å². The Hall–Kier alpha value is -3.61. The number of likely N-dealkylation sites (N-methyl/N-ethyl adjacent to an activating group) is 1. The molecule has 2 amide bonds. The first-order valence-electron chi connectivity index (χ1n) is 9.52. The molecule has 0 unspecified atom stereocenters. The Balaban J connectivity index is 1.58. The molecule has 0 bridgehead atoms. The molecule has 0 saturated heterocycles. The van der Waals surface area contributed by atoms with Crippen molar-refractivity contribution in [3.05, 3.63) is 69.6 Å². The van der Waals surface area contributed by atoms with Crippen LogP contribution >= 0.6 is 0 Å². The zero-order valence-electron chi connectivity index (χ0n) is 17.4. The molecule has 0 radical (unpaired) electrons. The van der Waals surface area contributed by atoms with Crippen LogP contribution < -0.4 is 15.7 Å². The van der Waals surface area contributed by atoms with Crippen molar-refractivity contribution in [3.63, 3.8) is 0 Å². The summed E-state index contributed by atoms with van der Waals surface area (Å²) in [5, 5.41) is 3.63. The summed E-state index contributed by atoms with van der Waals surface area (Å²) in [4.78, 5) is 37.5. The molecule has 7 heteroatoms. The minimum atomic E-state index is -0.442. The second-order valence-corrected chi connectivity index (χ2v) is 7.24. The third-order valence-corrected chi connectivity index (χ3v) is 4.97. The van der Waals surface area contributed by atoms with E-state index in [2.05, 4.69) is 5.32 Å².